The number of aromatic nitrogens is 2. The quantitative estimate of drug-likeness (QED) is 0.180. The van der Waals surface area contributed by atoms with E-state index in [-0.39, 0.29) is 18.1 Å². The maximum absolute atomic E-state index is 13.5. The molecule has 1 aromatic heterocycles. The van der Waals surface area contributed by atoms with E-state index in [4.69, 9.17) is 14.5 Å². The zero-order chi connectivity index (χ0) is 28.6. The van der Waals surface area contributed by atoms with Crippen molar-refractivity contribution in [1.82, 2.24) is 9.66 Å². The van der Waals surface area contributed by atoms with Crippen molar-refractivity contribution >= 4 is 28.7 Å². The minimum Gasteiger partial charge on any atom is -0.493 e. The van der Waals surface area contributed by atoms with Crippen LogP contribution in [0.25, 0.3) is 22.3 Å². The number of hydrogen-bond acceptors (Lipinski definition) is 6. The minimum absolute atomic E-state index is 0.207. The number of nitrogens with one attached hydrogen (secondary N) is 1. The molecule has 0 unspecified atom stereocenters. The highest BCUT2D eigenvalue weighted by Gasteiger charge is 2.16. The number of methoxy groups -OCH3 is 1. The molecule has 0 aliphatic carbocycles. The van der Waals surface area contributed by atoms with E-state index in [0.29, 0.717) is 45.9 Å². The molecule has 8 nitrogen and oxygen atoms in total. The van der Waals surface area contributed by atoms with Crippen LogP contribution in [0.3, 0.4) is 0 Å². The smallest absolute Gasteiger partial charge is 0.282 e. The molecule has 5 aromatic rings. The van der Waals surface area contributed by atoms with Gasteiger partial charge in [0.1, 0.15) is 0 Å². The molecule has 0 saturated carbocycles. The van der Waals surface area contributed by atoms with Crippen molar-refractivity contribution in [3.05, 3.63) is 131 Å². The van der Waals surface area contributed by atoms with Gasteiger partial charge in [0.05, 0.1) is 24.2 Å². The average Bonchev–Trinajstić information content (AvgIpc) is 3.01. The number of benzene rings is 4. The number of carbonyl (C=O) groups is 1. The number of fused-ring (bicyclic) bond motifs is 1. The Labute approximate surface area is 237 Å². The lowest BCUT2D eigenvalue weighted by Crippen LogP contribution is -2.21. The van der Waals surface area contributed by atoms with Gasteiger partial charge in [-0.1, -0.05) is 66.7 Å². The van der Waals surface area contributed by atoms with Gasteiger partial charge in [-0.15, -0.1) is 6.58 Å². The molecule has 0 aliphatic heterocycles. The van der Waals surface area contributed by atoms with Crippen LogP contribution in [0, 0.1) is 0 Å². The number of anilines is 1. The summed E-state index contributed by atoms with van der Waals surface area (Å²) in [7, 11) is 1.52. The summed E-state index contributed by atoms with van der Waals surface area (Å²) in [6, 6.07) is 29.4. The number of ether oxygens (including phenoxy) is 2. The third-order valence-electron chi connectivity index (χ3n) is 6.25. The van der Waals surface area contributed by atoms with Gasteiger partial charge in [-0.25, -0.2) is 4.98 Å². The van der Waals surface area contributed by atoms with Gasteiger partial charge in [-0.2, -0.15) is 9.78 Å². The second kappa shape index (κ2) is 12.6. The Morgan fingerprint density at radius 3 is 2.44 bits per heavy atom. The molecule has 5 rings (SSSR count). The fraction of sp³-hybridized carbons (Fsp3) is 0.0909. The van der Waals surface area contributed by atoms with Crippen LogP contribution in [0.15, 0.2) is 120 Å². The van der Waals surface area contributed by atoms with Gasteiger partial charge >= 0.3 is 0 Å². The highest BCUT2D eigenvalue weighted by atomic mass is 16.5. The van der Waals surface area contributed by atoms with E-state index in [1.165, 1.54) is 11.8 Å². The molecule has 0 bridgehead atoms. The zero-order valence-corrected chi connectivity index (χ0v) is 22.5. The molecule has 1 heterocycles. The first kappa shape index (κ1) is 27.1. The van der Waals surface area contributed by atoms with E-state index < -0.39 is 0 Å². The summed E-state index contributed by atoms with van der Waals surface area (Å²) in [5.74, 6) is 0.978. The van der Waals surface area contributed by atoms with Crippen LogP contribution >= 0.6 is 0 Å². The standard InChI is InChI=1S/C33H28N4O4/c1-3-12-25-19-23(20-29(40-2)31(25)41-22-30(38)35-26-15-8-5-9-16-26)21-34-37-32(24-13-6-4-7-14-24)36-28-18-11-10-17-27(28)33(37)39/h3-11,13-21H,1,12,22H2,2H3,(H,35,38). The molecule has 8 heteroatoms. The molecule has 0 radical (unpaired) electrons. The summed E-state index contributed by atoms with van der Waals surface area (Å²) in [6.45, 7) is 3.64. The van der Waals surface area contributed by atoms with Crippen molar-refractivity contribution in [2.45, 2.75) is 6.42 Å². The number of para-hydroxylation sites is 2. The number of allylic oxidation sites excluding steroid dienone is 1. The van der Waals surface area contributed by atoms with Crippen LogP contribution in [-0.4, -0.2) is 35.5 Å². The second-order valence-electron chi connectivity index (χ2n) is 9.09. The van der Waals surface area contributed by atoms with Crippen LogP contribution in [0.1, 0.15) is 11.1 Å². The minimum atomic E-state index is -0.301. The maximum Gasteiger partial charge on any atom is 0.282 e. The summed E-state index contributed by atoms with van der Waals surface area (Å²) in [5.41, 5.74) is 3.16. The number of amides is 1. The van der Waals surface area contributed by atoms with Gasteiger partial charge in [0.2, 0.25) is 0 Å². The van der Waals surface area contributed by atoms with E-state index in [1.807, 2.05) is 66.7 Å². The van der Waals surface area contributed by atoms with Crippen molar-refractivity contribution in [2.24, 2.45) is 5.10 Å². The van der Waals surface area contributed by atoms with Gasteiger partial charge < -0.3 is 14.8 Å². The highest BCUT2D eigenvalue weighted by molar-refractivity contribution is 5.92. The van der Waals surface area contributed by atoms with E-state index in [1.54, 1.807) is 42.6 Å². The van der Waals surface area contributed by atoms with Crippen LogP contribution in [0.2, 0.25) is 0 Å². The van der Waals surface area contributed by atoms with E-state index in [9.17, 15) is 9.59 Å². The Hall–Kier alpha value is -5.50. The fourth-order valence-electron chi connectivity index (χ4n) is 4.37. The Bertz CT molecular complexity index is 1780. The largest absolute Gasteiger partial charge is 0.493 e. The molecule has 4 aromatic carbocycles. The average molecular weight is 545 g/mol. The van der Waals surface area contributed by atoms with Gasteiger partial charge in [-0.3, -0.25) is 9.59 Å². The lowest BCUT2D eigenvalue weighted by Gasteiger charge is -2.16. The third kappa shape index (κ3) is 6.23. The van der Waals surface area contributed by atoms with Gasteiger partial charge in [0, 0.05) is 16.8 Å². The van der Waals surface area contributed by atoms with Crippen molar-refractivity contribution in [2.75, 3.05) is 19.0 Å². The molecular weight excluding hydrogens is 516 g/mol. The van der Waals surface area contributed by atoms with E-state index in [2.05, 4.69) is 17.0 Å². The normalized spacial score (nSPS) is 11.0. The molecule has 204 valence electrons. The first-order chi connectivity index (χ1) is 20.1. The van der Waals surface area contributed by atoms with Gasteiger partial charge in [-0.05, 0) is 48.4 Å². The highest BCUT2D eigenvalue weighted by Crippen LogP contribution is 2.33. The molecule has 0 fully saturated rings. The number of hydrogen-bond donors (Lipinski definition) is 1. The van der Waals surface area contributed by atoms with Crippen molar-refractivity contribution in [1.29, 1.82) is 0 Å². The molecule has 0 saturated heterocycles. The summed E-state index contributed by atoms with van der Waals surface area (Å²) < 4.78 is 12.8. The lowest BCUT2D eigenvalue weighted by atomic mass is 10.1. The van der Waals surface area contributed by atoms with Crippen molar-refractivity contribution < 1.29 is 14.3 Å². The van der Waals surface area contributed by atoms with E-state index >= 15 is 0 Å². The number of carbonyl (C=O) groups excluding carboxylic acids is 1. The Balaban J connectivity index is 1.49. The lowest BCUT2D eigenvalue weighted by molar-refractivity contribution is -0.118. The van der Waals surface area contributed by atoms with Crippen LogP contribution in [-0.2, 0) is 11.2 Å². The Kier molecular flexibility index (Phi) is 8.30. The summed E-state index contributed by atoms with van der Waals surface area (Å²) >= 11 is 0. The summed E-state index contributed by atoms with van der Waals surface area (Å²) in [4.78, 5) is 30.7. The first-order valence-corrected chi connectivity index (χ1v) is 13.0. The predicted molar refractivity (Wildman–Crippen MR) is 162 cm³/mol. The molecule has 0 aliphatic rings. The Morgan fingerprint density at radius 1 is 1.00 bits per heavy atom. The molecule has 1 amide bonds. The number of nitrogens with zero attached hydrogens (tertiary/aromatic N) is 3. The topological polar surface area (TPSA) is 94.8 Å². The molecule has 0 spiro atoms. The maximum atomic E-state index is 13.5. The molecule has 0 atom stereocenters. The molecule has 1 N–H and O–H groups in total. The fourth-order valence-corrected chi connectivity index (χ4v) is 4.37. The van der Waals surface area contributed by atoms with Gasteiger partial charge in [0.25, 0.3) is 11.5 Å². The second-order valence-corrected chi connectivity index (χ2v) is 9.09. The van der Waals surface area contributed by atoms with Crippen LogP contribution in [0.5, 0.6) is 11.5 Å². The third-order valence-corrected chi connectivity index (χ3v) is 6.25. The van der Waals surface area contributed by atoms with Crippen LogP contribution < -0.4 is 20.3 Å². The summed E-state index contributed by atoms with van der Waals surface area (Å²) in [6.07, 6.45) is 3.77. The number of rotatable bonds is 10. The first-order valence-electron chi connectivity index (χ1n) is 13.0. The summed E-state index contributed by atoms with van der Waals surface area (Å²) in [5, 5.41) is 7.83. The predicted octanol–water partition coefficient (Wildman–Crippen LogP) is 5.70. The molecular formula is C33H28N4O4. The van der Waals surface area contributed by atoms with Crippen LogP contribution in [0.4, 0.5) is 5.69 Å². The van der Waals surface area contributed by atoms with Gasteiger partial charge in [0.15, 0.2) is 23.9 Å². The monoisotopic (exact) mass is 544 g/mol. The van der Waals surface area contributed by atoms with Crippen molar-refractivity contribution in [3.8, 4) is 22.9 Å². The molecule has 41 heavy (non-hydrogen) atoms. The Morgan fingerprint density at radius 2 is 1.71 bits per heavy atom. The van der Waals surface area contributed by atoms with E-state index in [0.717, 1.165) is 11.1 Å². The SMILES string of the molecule is C=CCc1cc(C=Nn2c(-c3ccccc3)nc3ccccc3c2=O)cc(OC)c1OCC(=O)Nc1ccccc1. The zero-order valence-electron chi connectivity index (χ0n) is 22.5. The van der Waals surface area contributed by atoms with Crippen molar-refractivity contribution in [3.63, 3.8) is 0 Å².